The molecule has 0 unspecified atom stereocenters. The number of nitrogens with two attached hydrogens (primary N) is 1. The van der Waals surface area contributed by atoms with Gasteiger partial charge in [-0.25, -0.2) is 0 Å². The van der Waals surface area contributed by atoms with E-state index in [2.05, 4.69) is 23.6 Å². The minimum Gasteiger partial charge on any atom is -0.378 e. The van der Waals surface area contributed by atoms with Crippen LogP contribution in [0.3, 0.4) is 0 Å². The summed E-state index contributed by atoms with van der Waals surface area (Å²) in [6.07, 6.45) is 0.763. The standard InChI is InChI=1S/C33H41ClN4O5/c1-23-21-31(37-29-10-8-28(34)9-11-29)30-22-27(7-12-32(30)38(23)24(2)39)25-3-5-26(6-4-25)33(40)36-14-16-42-18-20-43-19-17-41-15-13-35/h3-12,22-23,31,37H,13-21,35H2,1-2H3,(H,36,40)/t23-,31+/m0/s1. The summed E-state index contributed by atoms with van der Waals surface area (Å²) in [5.74, 6) is -0.142. The highest BCUT2D eigenvalue weighted by Crippen LogP contribution is 2.41. The van der Waals surface area contributed by atoms with E-state index >= 15 is 0 Å². The first-order chi connectivity index (χ1) is 20.9. The second-order valence-corrected chi connectivity index (χ2v) is 10.8. The Morgan fingerprint density at radius 3 is 2.16 bits per heavy atom. The molecular formula is C33H41ClN4O5. The van der Waals surface area contributed by atoms with E-state index in [9.17, 15) is 9.59 Å². The van der Waals surface area contributed by atoms with Gasteiger partial charge in [0.2, 0.25) is 5.91 Å². The van der Waals surface area contributed by atoms with Crippen molar-refractivity contribution in [1.82, 2.24) is 5.32 Å². The van der Waals surface area contributed by atoms with E-state index in [-0.39, 0.29) is 23.9 Å². The van der Waals surface area contributed by atoms with Gasteiger partial charge in [0.15, 0.2) is 0 Å². The zero-order valence-electron chi connectivity index (χ0n) is 24.8. The van der Waals surface area contributed by atoms with Gasteiger partial charge in [-0.2, -0.15) is 0 Å². The van der Waals surface area contributed by atoms with E-state index < -0.39 is 0 Å². The van der Waals surface area contributed by atoms with Crippen LogP contribution in [0.5, 0.6) is 0 Å². The SMILES string of the molecule is CC(=O)N1c2ccc(-c3ccc(C(=O)NCCOCCOCCOCCN)cc3)cc2[C@H](Nc2ccc(Cl)cc2)C[C@@H]1C. The van der Waals surface area contributed by atoms with Crippen LogP contribution in [0.1, 0.15) is 42.2 Å². The summed E-state index contributed by atoms with van der Waals surface area (Å²) in [6, 6.07) is 21.4. The van der Waals surface area contributed by atoms with Gasteiger partial charge < -0.3 is 35.5 Å². The molecule has 3 aromatic carbocycles. The number of rotatable bonds is 15. The van der Waals surface area contributed by atoms with Crippen LogP contribution >= 0.6 is 11.6 Å². The Bertz CT molecular complexity index is 1340. The van der Waals surface area contributed by atoms with Gasteiger partial charge in [-0.05, 0) is 78.6 Å². The number of carbonyl (C=O) groups excluding carboxylic acids is 2. The zero-order valence-corrected chi connectivity index (χ0v) is 25.6. The van der Waals surface area contributed by atoms with E-state index in [0.717, 1.165) is 34.5 Å². The van der Waals surface area contributed by atoms with Gasteiger partial charge in [0, 0.05) is 48.0 Å². The van der Waals surface area contributed by atoms with Crippen molar-refractivity contribution in [2.45, 2.75) is 32.4 Å². The summed E-state index contributed by atoms with van der Waals surface area (Å²) in [6.45, 7) is 7.43. The molecular weight excluding hydrogens is 568 g/mol. The molecule has 0 radical (unpaired) electrons. The van der Waals surface area contributed by atoms with Crippen molar-refractivity contribution in [3.05, 3.63) is 82.9 Å². The van der Waals surface area contributed by atoms with Crippen LogP contribution in [0.25, 0.3) is 11.1 Å². The second kappa shape index (κ2) is 16.4. The maximum Gasteiger partial charge on any atom is 0.251 e. The van der Waals surface area contributed by atoms with E-state index in [1.807, 2.05) is 65.6 Å². The van der Waals surface area contributed by atoms with Crippen LogP contribution in [-0.2, 0) is 19.0 Å². The normalized spacial score (nSPS) is 16.0. The van der Waals surface area contributed by atoms with Crippen LogP contribution in [0.15, 0.2) is 66.7 Å². The van der Waals surface area contributed by atoms with E-state index in [1.165, 1.54) is 0 Å². The van der Waals surface area contributed by atoms with Crippen molar-refractivity contribution < 1.29 is 23.8 Å². The monoisotopic (exact) mass is 608 g/mol. The van der Waals surface area contributed by atoms with Gasteiger partial charge >= 0.3 is 0 Å². The number of amides is 2. The maximum absolute atomic E-state index is 12.6. The van der Waals surface area contributed by atoms with Crippen molar-refractivity contribution in [2.24, 2.45) is 5.73 Å². The smallest absolute Gasteiger partial charge is 0.251 e. The fraction of sp³-hybridized carbons (Fsp3) is 0.394. The van der Waals surface area contributed by atoms with E-state index in [1.54, 1.807) is 6.92 Å². The van der Waals surface area contributed by atoms with Crippen LogP contribution in [0, 0.1) is 0 Å². The Morgan fingerprint density at radius 2 is 1.51 bits per heavy atom. The quantitative estimate of drug-likeness (QED) is 0.207. The molecule has 10 heteroatoms. The molecule has 0 fully saturated rings. The average molecular weight is 609 g/mol. The van der Waals surface area contributed by atoms with Crippen LogP contribution < -0.4 is 21.3 Å². The molecule has 1 aliphatic heterocycles. The summed E-state index contributed by atoms with van der Waals surface area (Å²) in [5, 5.41) is 7.20. The fourth-order valence-electron chi connectivity index (χ4n) is 5.19. The highest BCUT2D eigenvalue weighted by molar-refractivity contribution is 6.30. The Kier molecular flexibility index (Phi) is 12.4. The number of nitrogens with zero attached hydrogens (tertiary/aromatic N) is 1. The lowest BCUT2D eigenvalue weighted by Gasteiger charge is -2.39. The highest BCUT2D eigenvalue weighted by atomic mass is 35.5. The van der Waals surface area contributed by atoms with E-state index in [0.29, 0.717) is 63.3 Å². The van der Waals surface area contributed by atoms with E-state index in [4.69, 9.17) is 31.5 Å². The molecule has 4 N–H and O–H groups in total. The molecule has 2 amide bonds. The van der Waals surface area contributed by atoms with Gasteiger partial charge in [0.05, 0.1) is 45.7 Å². The molecule has 43 heavy (non-hydrogen) atoms. The lowest BCUT2D eigenvalue weighted by molar-refractivity contribution is -0.117. The second-order valence-electron chi connectivity index (χ2n) is 10.4. The maximum atomic E-state index is 12.6. The molecule has 0 saturated carbocycles. The number of halogens is 1. The minimum atomic E-state index is -0.160. The molecule has 0 bridgehead atoms. The molecule has 1 heterocycles. The predicted molar refractivity (Wildman–Crippen MR) is 171 cm³/mol. The Hall–Kier alpha value is -3.47. The lowest BCUT2D eigenvalue weighted by Crippen LogP contribution is -2.43. The number of nitrogens with one attached hydrogen (secondary N) is 2. The summed E-state index contributed by atoms with van der Waals surface area (Å²) < 4.78 is 16.2. The molecule has 9 nitrogen and oxygen atoms in total. The zero-order chi connectivity index (χ0) is 30.6. The molecule has 0 aliphatic carbocycles. The van der Waals surface area contributed by atoms with Crippen LogP contribution in [0.2, 0.25) is 5.02 Å². The molecule has 3 aromatic rings. The third-order valence-corrected chi connectivity index (χ3v) is 7.48. The van der Waals surface area contributed by atoms with Gasteiger partial charge in [-0.1, -0.05) is 29.8 Å². The molecule has 1 aliphatic rings. The molecule has 0 spiro atoms. The van der Waals surface area contributed by atoms with Crippen molar-refractivity contribution in [3.63, 3.8) is 0 Å². The third kappa shape index (κ3) is 9.26. The molecule has 4 rings (SSSR count). The highest BCUT2D eigenvalue weighted by Gasteiger charge is 2.32. The van der Waals surface area contributed by atoms with Gasteiger partial charge in [0.1, 0.15) is 0 Å². The Balaban J connectivity index is 1.34. The van der Waals surface area contributed by atoms with Crippen molar-refractivity contribution in [1.29, 1.82) is 0 Å². The molecule has 0 saturated heterocycles. The van der Waals surface area contributed by atoms with Crippen molar-refractivity contribution >= 4 is 34.8 Å². The fourth-order valence-corrected chi connectivity index (χ4v) is 5.31. The predicted octanol–water partition coefficient (Wildman–Crippen LogP) is 5.04. The first-order valence-electron chi connectivity index (χ1n) is 14.6. The largest absolute Gasteiger partial charge is 0.378 e. The lowest BCUT2D eigenvalue weighted by atomic mass is 9.88. The number of fused-ring (bicyclic) bond motifs is 1. The van der Waals surface area contributed by atoms with Gasteiger partial charge in [-0.3, -0.25) is 9.59 Å². The summed E-state index contributed by atoms with van der Waals surface area (Å²) in [4.78, 5) is 27.1. The summed E-state index contributed by atoms with van der Waals surface area (Å²) in [7, 11) is 0. The van der Waals surface area contributed by atoms with Gasteiger partial charge in [0.25, 0.3) is 5.91 Å². The number of ether oxygens (including phenoxy) is 3. The topological polar surface area (TPSA) is 115 Å². The van der Waals surface area contributed by atoms with Crippen LogP contribution in [-0.4, -0.2) is 70.6 Å². The number of hydrogen-bond acceptors (Lipinski definition) is 7. The minimum absolute atomic E-state index is 0.0101. The molecule has 230 valence electrons. The van der Waals surface area contributed by atoms with Crippen molar-refractivity contribution in [2.75, 3.05) is 62.9 Å². The first kappa shape index (κ1) is 32.4. The number of benzene rings is 3. The summed E-state index contributed by atoms with van der Waals surface area (Å²) >= 11 is 6.09. The summed E-state index contributed by atoms with van der Waals surface area (Å²) in [5.41, 5.74) is 10.8. The number of hydrogen-bond donors (Lipinski definition) is 3. The van der Waals surface area contributed by atoms with Crippen molar-refractivity contribution in [3.8, 4) is 11.1 Å². The third-order valence-electron chi connectivity index (χ3n) is 7.22. The first-order valence-corrected chi connectivity index (χ1v) is 15.0. The Labute approximate surface area is 258 Å². The van der Waals surface area contributed by atoms with Crippen LogP contribution in [0.4, 0.5) is 11.4 Å². The Morgan fingerprint density at radius 1 is 0.884 bits per heavy atom. The number of anilines is 2. The number of carbonyl (C=O) groups is 2. The van der Waals surface area contributed by atoms with Gasteiger partial charge in [-0.15, -0.1) is 0 Å². The molecule has 2 atom stereocenters. The molecule has 0 aromatic heterocycles. The average Bonchev–Trinajstić information content (AvgIpc) is 3.00.